The van der Waals surface area contributed by atoms with Gasteiger partial charge in [-0.2, -0.15) is 0 Å². The van der Waals surface area contributed by atoms with E-state index >= 15 is 0 Å². The maximum Gasteiger partial charge on any atom is 0.160 e. The van der Waals surface area contributed by atoms with Crippen LogP contribution in [0.15, 0.2) is 133 Å². The Balaban J connectivity index is 1.37. The minimum atomic E-state index is -0.0921. The normalized spacial score (nSPS) is 13.3. The first-order chi connectivity index (χ1) is 20.1. The fourth-order valence-electron chi connectivity index (χ4n) is 6.73. The van der Waals surface area contributed by atoms with Gasteiger partial charge in [0.2, 0.25) is 0 Å². The zero-order chi connectivity index (χ0) is 27.6. The summed E-state index contributed by atoms with van der Waals surface area (Å²) in [5.41, 5.74) is 11.8. The van der Waals surface area contributed by atoms with E-state index in [2.05, 4.69) is 135 Å². The van der Waals surface area contributed by atoms with Gasteiger partial charge in [0.05, 0.1) is 11.2 Å². The second-order valence-corrected chi connectivity index (χ2v) is 11.4. The highest BCUT2D eigenvalue weighted by molar-refractivity contribution is 6.05. The fourth-order valence-corrected chi connectivity index (χ4v) is 6.73. The molecule has 0 unspecified atom stereocenters. The molecule has 7 aromatic rings. The lowest BCUT2D eigenvalue weighted by molar-refractivity contribution is 0.666. The Kier molecular flexibility index (Phi) is 5.20. The molecule has 2 heteroatoms. The number of hydrogen-bond donors (Lipinski definition) is 0. The first-order valence-corrected chi connectivity index (χ1v) is 14.2. The zero-order valence-corrected chi connectivity index (χ0v) is 23.1. The Morgan fingerprint density at radius 2 is 1.20 bits per heavy atom. The van der Waals surface area contributed by atoms with Crippen molar-refractivity contribution in [2.45, 2.75) is 19.3 Å². The van der Waals surface area contributed by atoms with Crippen LogP contribution in [0.2, 0.25) is 0 Å². The standard InChI is InChI=1S/C39H28N2/c1-39(2)33-21-10-8-19-30(33)35-32(24-27-15-6-7-18-29(27)36(35)39)26-16-12-17-28(23-26)38-40-34-22-11-9-20-31(34)37(41-38)25-13-4-3-5-14-25/h3-24H,1-2H3. The molecule has 0 radical (unpaired) electrons. The lowest BCUT2D eigenvalue weighted by Crippen LogP contribution is -2.15. The van der Waals surface area contributed by atoms with E-state index in [0.29, 0.717) is 0 Å². The summed E-state index contributed by atoms with van der Waals surface area (Å²) >= 11 is 0. The second kappa shape index (κ2) is 8.97. The van der Waals surface area contributed by atoms with Gasteiger partial charge < -0.3 is 0 Å². The number of nitrogens with zero attached hydrogens (tertiary/aromatic N) is 2. The molecule has 0 saturated carbocycles. The van der Waals surface area contributed by atoms with Gasteiger partial charge in [-0.1, -0.05) is 129 Å². The fraction of sp³-hybridized carbons (Fsp3) is 0.0769. The third kappa shape index (κ3) is 3.64. The monoisotopic (exact) mass is 524 g/mol. The highest BCUT2D eigenvalue weighted by Crippen LogP contribution is 2.54. The van der Waals surface area contributed by atoms with Crippen LogP contribution < -0.4 is 0 Å². The summed E-state index contributed by atoms with van der Waals surface area (Å²) in [4.78, 5) is 10.2. The largest absolute Gasteiger partial charge is 0.228 e. The van der Waals surface area contributed by atoms with Crippen LogP contribution in [0.4, 0.5) is 0 Å². The van der Waals surface area contributed by atoms with Crippen molar-refractivity contribution < 1.29 is 0 Å². The van der Waals surface area contributed by atoms with E-state index in [4.69, 9.17) is 9.97 Å². The molecule has 6 aromatic carbocycles. The van der Waals surface area contributed by atoms with E-state index in [-0.39, 0.29) is 5.41 Å². The molecule has 41 heavy (non-hydrogen) atoms. The highest BCUT2D eigenvalue weighted by atomic mass is 14.9. The Labute approximate surface area is 240 Å². The Morgan fingerprint density at radius 3 is 2.07 bits per heavy atom. The molecule has 0 atom stereocenters. The molecule has 0 bridgehead atoms. The van der Waals surface area contributed by atoms with Crippen molar-refractivity contribution in [3.63, 3.8) is 0 Å². The van der Waals surface area contributed by atoms with E-state index in [1.165, 1.54) is 44.2 Å². The molecule has 8 rings (SSSR count). The number of hydrogen-bond acceptors (Lipinski definition) is 2. The van der Waals surface area contributed by atoms with Crippen LogP contribution in [0.5, 0.6) is 0 Å². The maximum absolute atomic E-state index is 5.15. The van der Waals surface area contributed by atoms with Gasteiger partial charge in [0.25, 0.3) is 0 Å². The minimum absolute atomic E-state index is 0.0921. The first kappa shape index (κ1) is 23.8. The molecule has 0 spiro atoms. The molecular weight excluding hydrogens is 496 g/mol. The van der Waals surface area contributed by atoms with Crippen LogP contribution in [0.3, 0.4) is 0 Å². The van der Waals surface area contributed by atoms with Crippen LogP contribution in [-0.4, -0.2) is 9.97 Å². The summed E-state index contributed by atoms with van der Waals surface area (Å²) < 4.78 is 0. The topological polar surface area (TPSA) is 25.8 Å². The van der Waals surface area contributed by atoms with Gasteiger partial charge in [0.15, 0.2) is 5.82 Å². The predicted molar refractivity (Wildman–Crippen MR) is 171 cm³/mol. The summed E-state index contributed by atoms with van der Waals surface area (Å²) in [5.74, 6) is 0.738. The molecule has 0 fully saturated rings. The third-order valence-corrected chi connectivity index (χ3v) is 8.63. The van der Waals surface area contributed by atoms with E-state index < -0.39 is 0 Å². The van der Waals surface area contributed by atoms with Gasteiger partial charge in [0.1, 0.15) is 0 Å². The zero-order valence-electron chi connectivity index (χ0n) is 23.1. The number of aromatic nitrogens is 2. The van der Waals surface area contributed by atoms with Crippen LogP contribution >= 0.6 is 0 Å². The van der Waals surface area contributed by atoms with Gasteiger partial charge in [-0.25, -0.2) is 9.97 Å². The van der Waals surface area contributed by atoms with Crippen molar-refractivity contribution in [1.82, 2.24) is 9.97 Å². The number of para-hydroxylation sites is 1. The van der Waals surface area contributed by atoms with Crippen molar-refractivity contribution in [1.29, 1.82) is 0 Å². The van der Waals surface area contributed by atoms with Gasteiger partial charge in [-0.05, 0) is 62.4 Å². The molecule has 0 aliphatic heterocycles. The van der Waals surface area contributed by atoms with E-state index in [1.807, 2.05) is 12.1 Å². The van der Waals surface area contributed by atoms with Crippen molar-refractivity contribution >= 4 is 21.7 Å². The van der Waals surface area contributed by atoms with Crippen molar-refractivity contribution in [2.75, 3.05) is 0 Å². The second-order valence-electron chi connectivity index (χ2n) is 11.4. The van der Waals surface area contributed by atoms with Crippen molar-refractivity contribution in [2.24, 2.45) is 0 Å². The van der Waals surface area contributed by atoms with Gasteiger partial charge in [-0.15, -0.1) is 0 Å². The van der Waals surface area contributed by atoms with Crippen LogP contribution in [0, 0.1) is 0 Å². The summed E-state index contributed by atoms with van der Waals surface area (Å²) in [6.07, 6.45) is 0. The van der Waals surface area contributed by atoms with Crippen LogP contribution in [0.25, 0.3) is 66.6 Å². The summed E-state index contributed by atoms with van der Waals surface area (Å²) in [6, 6.07) is 47.5. The molecule has 0 saturated heterocycles. The quantitative estimate of drug-likeness (QED) is 0.230. The Morgan fingerprint density at radius 1 is 0.512 bits per heavy atom. The number of rotatable bonds is 3. The van der Waals surface area contributed by atoms with E-state index in [0.717, 1.165) is 33.5 Å². The lowest BCUT2D eigenvalue weighted by Gasteiger charge is -2.24. The summed E-state index contributed by atoms with van der Waals surface area (Å²) in [7, 11) is 0. The Hall–Kier alpha value is -5.08. The average Bonchev–Trinajstić information content (AvgIpc) is 3.28. The van der Waals surface area contributed by atoms with Gasteiger partial charge in [-0.3, -0.25) is 0 Å². The van der Waals surface area contributed by atoms with E-state index in [1.54, 1.807) is 0 Å². The number of fused-ring (bicyclic) bond motifs is 6. The summed E-state index contributed by atoms with van der Waals surface area (Å²) in [5, 5.41) is 3.65. The maximum atomic E-state index is 5.15. The SMILES string of the molecule is CC1(C)c2ccccc2-c2c(-c3cccc(-c4nc(-c5ccccc5)c5ccccc5n4)c3)cc3ccccc3c21. The summed E-state index contributed by atoms with van der Waals surface area (Å²) in [6.45, 7) is 4.72. The smallest absolute Gasteiger partial charge is 0.160 e. The molecular formula is C39H28N2. The van der Waals surface area contributed by atoms with Crippen LogP contribution in [-0.2, 0) is 5.41 Å². The minimum Gasteiger partial charge on any atom is -0.228 e. The van der Waals surface area contributed by atoms with Crippen LogP contribution in [0.1, 0.15) is 25.0 Å². The third-order valence-electron chi connectivity index (χ3n) is 8.63. The number of benzene rings is 6. The first-order valence-electron chi connectivity index (χ1n) is 14.2. The van der Waals surface area contributed by atoms with Gasteiger partial charge >= 0.3 is 0 Å². The van der Waals surface area contributed by atoms with E-state index in [9.17, 15) is 0 Å². The predicted octanol–water partition coefficient (Wildman–Crippen LogP) is 10.1. The van der Waals surface area contributed by atoms with Crippen molar-refractivity contribution in [3.05, 3.63) is 145 Å². The molecule has 1 heterocycles. The molecule has 1 aliphatic carbocycles. The average molecular weight is 525 g/mol. The van der Waals surface area contributed by atoms with Gasteiger partial charge in [0, 0.05) is 21.9 Å². The molecule has 0 N–H and O–H groups in total. The molecule has 1 aromatic heterocycles. The highest BCUT2D eigenvalue weighted by Gasteiger charge is 2.38. The molecule has 1 aliphatic rings. The molecule has 194 valence electrons. The lowest BCUT2D eigenvalue weighted by atomic mass is 9.79. The molecule has 0 amide bonds. The molecule has 2 nitrogen and oxygen atoms in total. The Bertz CT molecular complexity index is 2120. The van der Waals surface area contributed by atoms with Crippen molar-refractivity contribution in [3.8, 4) is 44.9 Å².